The van der Waals surface area contributed by atoms with Crippen LogP contribution >= 0.6 is 0 Å². The third-order valence-electron chi connectivity index (χ3n) is 16.9. The van der Waals surface area contributed by atoms with Crippen LogP contribution < -0.4 is 0 Å². The molecule has 0 aliphatic heterocycles. The Balaban J connectivity index is 1.07. The number of aromatic nitrogens is 5. The van der Waals surface area contributed by atoms with Crippen molar-refractivity contribution in [2.45, 2.75) is 9.79 Å². The average molecular weight is 1070 g/mol. The van der Waals surface area contributed by atoms with E-state index in [1.165, 1.54) is 0 Å². The second-order valence-corrected chi connectivity index (χ2v) is 23.0. The first-order valence-electron chi connectivity index (χ1n) is 27.4. The van der Waals surface area contributed by atoms with Crippen molar-refractivity contribution in [3.05, 3.63) is 272 Å². The summed E-state index contributed by atoms with van der Waals surface area (Å²) in [5, 5.41) is 20.6. The maximum atomic E-state index is 15.8. The molecule has 0 saturated carbocycles. The molecule has 5 aromatic heterocycles. The minimum Gasteiger partial charge on any atom is -0.309 e. The predicted octanol–water partition coefficient (Wildman–Crippen LogP) is 17.9. The van der Waals surface area contributed by atoms with Gasteiger partial charge in [-0.3, -0.25) is 0 Å². The molecule has 0 bridgehead atoms. The molecule has 5 heterocycles. The third kappa shape index (κ3) is 6.26. The highest BCUT2D eigenvalue weighted by atomic mass is 32.2. The molecule has 0 radical (unpaired) electrons. The van der Waals surface area contributed by atoms with Crippen LogP contribution in [0.25, 0.3) is 137 Å². The molecule has 0 aliphatic carbocycles. The highest BCUT2D eigenvalue weighted by molar-refractivity contribution is 7.91. The fourth-order valence-corrected chi connectivity index (χ4v) is 15.0. The van der Waals surface area contributed by atoms with Crippen LogP contribution in [0.1, 0.15) is 5.56 Å². The Morgan fingerprint density at radius 1 is 0.293 bits per heavy atom. The number of rotatable bonds is 7. The molecular weight excluding hydrogens is 1020 g/mol. The fraction of sp³-hybridized carbons (Fsp3) is 0. The molecule has 0 aliphatic rings. The molecule has 384 valence electrons. The van der Waals surface area contributed by atoms with Gasteiger partial charge in [-0.15, -0.1) is 0 Å². The van der Waals surface area contributed by atoms with Crippen molar-refractivity contribution in [1.29, 1.82) is 5.26 Å². The van der Waals surface area contributed by atoms with Gasteiger partial charge in [-0.05, 0) is 115 Å². The molecule has 0 amide bonds. The summed E-state index contributed by atoms with van der Waals surface area (Å²) in [6.45, 7) is 0. The van der Waals surface area contributed by atoms with E-state index in [1.807, 2.05) is 18.2 Å². The summed E-state index contributed by atoms with van der Waals surface area (Å²) in [5.41, 5.74) is 14.8. The summed E-state index contributed by atoms with van der Waals surface area (Å²) < 4.78 is 43.3. The van der Waals surface area contributed by atoms with Gasteiger partial charge in [0.05, 0.1) is 82.3 Å². The van der Waals surface area contributed by atoms with Crippen LogP contribution in [-0.4, -0.2) is 31.3 Å². The zero-order valence-electron chi connectivity index (χ0n) is 43.8. The van der Waals surface area contributed by atoms with Crippen LogP contribution in [-0.2, 0) is 9.84 Å². The molecule has 17 rings (SSSR count). The standard InChI is InChI=1S/C73H44N6O2S/c74-45-46-36-39-51(40-37-46)82(80,81)65-43-38-50(44-64(65)79-62-35-19-11-27-54(62)66-63(79)42-41-53-52-26-10-15-31-58(52)75(70(53)66)47-20-4-1-5-21-47)78-61-34-18-14-30-57(61)69-72-67(55-28-12-16-32-59(55)76(72)48-22-6-2-7-23-48)71-68(73(69)78)56-29-13-17-33-60(56)77(71)49-24-8-3-9-25-49/h1-44H. The number of benzene rings is 12. The van der Waals surface area contributed by atoms with Crippen molar-refractivity contribution in [1.82, 2.24) is 22.8 Å². The van der Waals surface area contributed by atoms with Crippen molar-refractivity contribution < 1.29 is 8.42 Å². The zero-order chi connectivity index (χ0) is 54.4. The SMILES string of the molecule is N#Cc1ccc(S(=O)(=O)c2ccc(-n3c4ccccc4c4c5c(c6ccccc6n5-c5ccccc5)c5c(c6ccccc6n5-c5ccccc5)c43)cc2-n2c3ccccc3c3c2ccc2c4ccccc4n(-c4ccccc4)c23)cc1. The summed E-state index contributed by atoms with van der Waals surface area (Å²) in [6.07, 6.45) is 0. The summed E-state index contributed by atoms with van der Waals surface area (Å²) in [7, 11) is -4.26. The molecule has 0 saturated heterocycles. The Morgan fingerprint density at radius 3 is 1.13 bits per heavy atom. The molecule has 17 aromatic rings. The van der Waals surface area contributed by atoms with E-state index in [1.54, 1.807) is 30.3 Å². The first-order chi connectivity index (χ1) is 40.5. The van der Waals surface area contributed by atoms with Gasteiger partial charge < -0.3 is 22.8 Å². The van der Waals surface area contributed by atoms with Gasteiger partial charge in [-0.1, -0.05) is 152 Å². The molecular formula is C73H44N6O2S. The normalized spacial score (nSPS) is 12.2. The highest BCUT2D eigenvalue weighted by Gasteiger charge is 2.31. The summed E-state index contributed by atoms with van der Waals surface area (Å²) in [4.78, 5) is 0.224. The third-order valence-corrected chi connectivity index (χ3v) is 18.7. The molecule has 9 heteroatoms. The van der Waals surface area contributed by atoms with Gasteiger partial charge in [0.25, 0.3) is 0 Å². The quantitative estimate of drug-likeness (QED) is 0.159. The van der Waals surface area contributed by atoms with Crippen molar-refractivity contribution in [3.63, 3.8) is 0 Å². The number of fused-ring (bicyclic) bond motifs is 19. The monoisotopic (exact) mass is 1070 g/mol. The van der Waals surface area contributed by atoms with Crippen LogP contribution in [0.5, 0.6) is 0 Å². The van der Waals surface area contributed by atoms with E-state index >= 15 is 8.42 Å². The summed E-state index contributed by atoms with van der Waals surface area (Å²) >= 11 is 0. The number of hydrogen-bond acceptors (Lipinski definition) is 3. The first kappa shape index (κ1) is 46.0. The minimum absolute atomic E-state index is 0.0938. The number of nitrogens with zero attached hydrogens (tertiary/aromatic N) is 6. The molecule has 0 unspecified atom stereocenters. The lowest BCUT2D eigenvalue weighted by Crippen LogP contribution is -2.09. The molecule has 12 aromatic carbocycles. The lowest BCUT2D eigenvalue weighted by molar-refractivity contribution is 0.595. The summed E-state index contributed by atoms with van der Waals surface area (Å²) in [5.74, 6) is 0. The highest BCUT2D eigenvalue weighted by Crippen LogP contribution is 2.51. The molecule has 0 N–H and O–H groups in total. The van der Waals surface area contributed by atoms with Crippen LogP contribution in [0.4, 0.5) is 0 Å². The van der Waals surface area contributed by atoms with Crippen LogP contribution in [0.3, 0.4) is 0 Å². The van der Waals surface area contributed by atoms with E-state index in [2.05, 4.69) is 247 Å². The maximum absolute atomic E-state index is 15.8. The van der Waals surface area contributed by atoms with E-state index in [0.717, 1.165) is 132 Å². The van der Waals surface area contributed by atoms with Gasteiger partial charge >= 0.3 is 0 Å². The van der Waals surface area contributed by atoms with Crippen molar-refractivity contribution >= 4 is 119 Å². The second kappa shape index (κ2) is 17.3. The average Bonchev–Trinajstić information content (AvgIpc) is 2.76. The molecule has 0 spiro atoms. The van der Waals surface area contributed by atoms with Crippen LogP contribution in [0.2, 0.25) is 0 Å². The van der Waals surface area contributed by atoms with Crippen molar-refractivity contribution in [2.75, 3.05) is 0 Å². The molecule has 82 heavy (non-hydrogen) atoms. The van der Waals surface area contributed by atoms with Gasteiger partial charge in [0.2, 0.25) is 9.84 Å². The lowest BCUT2D eigenvalue weighted by Gasteiger charge is -2.18. The van der Waals surface area contributed by atoms with E-state index in [4.69, 9.17) is 0 Å². The van der Waals surface area contributed by atoms with Crippen LogP contribution in [0.15, 0.2) is 277 Å². The molecule has 0 atom stereocenters. The van der Waals surface area contributed by atoms with Crippen molar-refractivity contribution in [3.8, 4) is 34.5 Å². The zero-order valence-corrected chi connectivity index (χ0v) is 44.6. The van der Waals surface area contributed by atoms with Gasteiger partial charge in [0, 0.05) is 76.6 Å². The predicted molar refractivity (Wildman–Crippen MR) is 335 cm³/mol. The summed E-state index contributed by atoms with van der Waals surface area (Å²) in [6, 6.07) is 93.4. The van der Waals surface area contributed by atoms with Crippen molar-refractivity contribution in [2.24, 2.45) is 0 Å². The Labute approximate surface area is 469 Å². The molecule has 8 nitrogen and oxygen atoms in total. The van der Waals surface area contributed by atoms with E-state index in [0.29, 0.717) is 11.3 Å². The number of nitriles is 1. The van der Waals surface area contributed by atoms with E-state index in [9.17, 15) is 5.26 Å². The topological polar surface area (TPSA) is 82.6 Å². The van der Waals surface area contributed by atoms with E-state index in [-0.39, 0.29) is 9.79 Å². The van der Waals surface area contributed by atoms with Gasteiger partial charge in [0.1, 0.15) is 0 Å². The maximum Gasteiger partial charge on any atom is 0.208 e. The Kier molecular flexibility index (Phi) is 9.71. The smallest absolute Gasteiger partial charge is 0.208 e. The second-order valence-electron chi connectivity index (χ2n) is 21.1. The largest absolute Gasteiger partial charge is 0.309 e. The Hall–Kier alpha value is -10.9. The number of para-hydroxylation sites is 8. The minimum atomic E-state index is -4.26. The van der Waals surface area contributed by atoms with Gasteiger partial charge in [-0.2, -0.15) is 5.26 Å². The lowest BCUT2D eigenvalue weighted by atomic mass is 10.0. The fourth-order valence-electron chi connectivity index (χ4n) is 13.6. The number of sulfone groups is 1. The van der Waals surface area contributed by atoms with Crippen LogP contribution in [0, 0.1) is 11.3 Å². The number of hydrogen-bond donors (Lipinski definition) is 0. The van der Waals surface area contributed by atoms with Gasteiger partial charge in [-0.25, -0.2) is 8.42 Å². The Morgan fingerprint density at radius 2 is 0.671 bits per heavy atom. The first-order valence-corrected chi connectivity index (χ1v) is 28.9. The Bertz CT molecular complexity index is 5630. The molecule has 0 fully saturated rings. The van der Waals surface area contributed by atoms with Gasteiger partial charge in [0.15, 0.2) is 0 Å². The van der Waals surface area contributed by atoms with E-state index < -0.39 is 9.84 Å².